The molecule has 1 aliphatic heterocycles. The van der Waals surface area contributed by atoms with E-state index in [1.807, 2.05) is 0 Å². The third-order valence-corrected chi connectivity index (χ3v) is 4.14. The first-order valence-electron chi connectivity index (χ1n) is 8.52. The van der Waals surface area contributed by atoms with Gasteiger partial charge in [-0.2, -0.15) is 5.10 Å². The summed E-state index contributed by atoms with van der Waals surface area (Å²) in [5.41, 5.74) is 0.540. The second-order valence-electron chi connectivity index (χ2n) is 6.68. The minimum atomic E-state index is -0.299. The molecular formula is C18H23N3O4. The Bertz CT molecular complexity index is 721. The molecule has 1 atom stereocenters. The number of carbonyl (C=O) groups excluding carboxylic acids is 2. The van der Waals surface area contributed by atoms with Crippen LogP contribution in [0.2, 0.25) is 0 Å². The zero-order valence-corrected chi connectivity index (χ0v) is 14.6. The lowest BCUT2D eigenvalue weighted by Crippen LogP contribution is -2.49. The van der Waals surface area contributed by atoms with Crippen LogP contribution < -0.4 is 0 Å². The summed E-state index contributed by atoms with van der Waals surface area (Å²) in [7, 11) is 0. The molecule has 0 saturated carbocycles. The van der Waals surface area contributed by atoms with Crippen LogP contribution in [0.3, 0.4) is 0 Å². The van der Waals surface area contributed by atoms with Crippen LogP contribution in [0.25, 0.3) is 0 Å². The van der Waals surface area contributed by atoms with Crippen LogP contribution in [0.4, 0.5) is 0 Å². The fourth-order valence-electron chi connectivity index (χ4n) is 2.96. The molecule has 1 fully saturated rings. The van der Waals surface area contributed by atoms with Gasteiger partial charge in [-0.25, -0.2) is 0 Å². The van der Waals surface area contributed by atoms with Crippen LogP contribution >= 0.6 is 0 Å². The van der Waals surface area contributed by atoms with Gasteiger partial charge in [-0.3, -0.25) is 14.3 Å². The molecule has 1 aliphatic rings. The van der Waals surface area contributed by atoms with Gasteiger partial charge in [-0.15, -0.1) is 0 Å². The Kier molecular flexibility index (Phi) is 5.33. The number of nitrogens with zero attached hydrogens (tertiary/aromatic N) is 3. The highest BCUT2D eigenvalue weighted by atomic mass is 16.5. The van der Waals surface area contributed by atoms with E-state index in [9.17, 15) is 9.59 Å². The number of amides is 1. The lowest BCUT2D eigenvalue weighted by molar-refractivity contribution is -0.00304. The van der Waals surface area contributed by atoms with Crippen LogP contribution in [0.1, 0.15) is 41.2 Å². The van der Waals surface area contributed by atoms with Gasteiger partial charge in [0.2, 0.25) is 0 Å². The quantitative estimate of drug-likeness (QED) is 0.751. The minimum absolute atomic E-state index is 0.115. The number of morpholine rings is 1. The van der Waals surface area contributed by atoms with E-state index in [2.05, 4.69) is 18.9 Å². The SMILES string of the molecule is CC(C)Cn1cc(C(=O)N2CCOC[C@H]2CC(=O)c2ccco2)cn1. The van der Waals surface area contributed by atoms with Crippen molar-refractivity contribution in [1.29, 1.82) is 0 Å². The molecule has 0 N–H and O–H groups in total. The van der Waals surface area contributed by atoms with E-state index in [0.717, 1.165) is 6.54 Å². The number of ether oxygens (including phenoxy) is 1. The van der Waals surface area contributed by atoms with Gasteiger partial charge < -0.3 is 14.1 Å². The van der Waals surface area contributed by atoms with E-state index < -0.39 is 0 Å². The fourth-order valence-corrected chi connectivity index (χ4v) is 2.96. The largest absolute Gasteiger partial charge is 0.461 e. The second-order valence-corrected chi connectivity index (χ2v) is 6.68. The first kappa shape index (κ1) is 17.4. The number of hydrogen-bond donors (Lipinski definition) is 0. The number of hydrogen-bond acceptors (Lipinski definition) is 5. The maximum atomic E-state index is 12.9. The second kappa shape index (κ2) is 7.65. The maximum absolute atomic E-state index is 12.9. The Morgan fingerprint density at radius 2 is 2.24 bits per heavy atom. The number of furan rings is 1. The van der Waals surface area contributed by atoms with E-state index in [-0.39, 0.29) is 24.2 Å². The third-order valence-electron chi connectivity index (χ3n) is 4.14. The number of carbonyl (C=O) groups is 2. The molecule has 2 aromatic heterocycles. The van der Waals surface area contributed by atoms with Gasteiger partial charge in [0.25, 0.3) is 5.91 Å². The number of Topliss-reactive ketones (excluding diaryl/α,β-unsaturated/α-hetero) is 1. The van der Waals surface area contributed by atoms with E-state index in [4.69, 9.17) is 9.15 Å². The normalized spacial score (nSPS) is 17.9. The zero-order valence-electron chi connectivity index (χ0n) is 14.6. The van der Waals surface area contributed by atoms with Gasteiger partial charge in [0.1, 0.15) is 0 Å². The van der Waals surface area contributed by atoms with Crippen molar-refractivity contribution in [1.82, 2.24) is 14.7 Å². The van der Waals surface area contributed by atoms with Crippen LogP contribution in [-0.4, -0.2) is 52.2 Å². The smallest absolute Gasteiger partial charge is 0.257 e. The maximum Gasteiger partial charge on any atom is 0.257 e. The first-order valence-corrected chi connectivity index (χ1v) is 8.52. The van der Waals surface area contributed by atoms with Crippen LogP contribution in [0, 0.1) is 5.92 Å². The molecule has 0 aromatic carbocycles. The molecule has 25 heavy (non-hydrogen) atoms. The molecule has 7 heteroatoms. The van der Waals surface area contributed by atoms with Crippen molar-refractivity contribution in [3.05, 3.63) is 42.1 Å². The van der Waals surface area contributed by atoms with Crippen molar-refractivity contribution >= 4 is 11.7 Å². The van der Waals surface area contributed by atoms with Gasteiger partial charge in [-0.1, -0.05) is 13.8 Å². The van der Waals surface area contributed by atoms with Crippen LogP contribution in [0.15, 0.2) is 35.2 Å². The predicted octanol–water partition coefficient (Wildman–Crippen LogP) is 2.25. The lowest BCUT2D eigenvalue weighted by Gasteiger charge is -2.35. The Labute approximate surface area is 146 Å². The van der Waals surface area contributed by atoms with Gasteiger partial charge in [0.05, 0.1) is 37.3 Å². The zero-order chi connectivity index (χ0) is 17.8. The molecule has 3 rings (SSSR count). The molecular weight excluding hydrogens is 322 g/mol. The van der Waals surface area contributed by atoms with Gasteiger partial charge >= 0.3 is 0 Å². The summed E-state index contributed by atoms with van der Waals surface area (Å²) in [5.74, 6) is 0.511. The van der Waals surface area contributed by atoms with E-state index in [1.165, 1.54) is 6.26 Å². The molecule has 1 amide bonds. The van der Waals surface area contributed by atoms with Gasteiger partial charge in [0, 0.05) is 25.7 Å². The van der Waals surface area contributed by atoms with E-state index >= 15 is 0 Å². The van der Waals surface area contributed by atoms with Crippen molar-refractivity contribution < 1.29 is 18.7 Å². The summed E-state index contributed by atoms with van der Waals surface area (Å²) >= 11 is 0. The van der Waals surface area contributed by atoms with Gasteiger partial charge in [0.15, 0.2) is 11.5 Å². The topological polar surface area (TPSA) is 77.6 Å². The Morgan fingerprint density at radius 1 is 1.40 bits per heavy atom. The summed E-state index contributed by atoms with van der Waals surface area (Å²) < 4.78 is 12.4. The molecule has 0 spiro atoms. The van der Waals surface area contributed by atoms with Gasteiger partial charge in [-0.05, 0) is 18.1 Å². The highest BCUT2D eigenvalue weighted by Crippen LogP contribution is 2.18. The minimum Gasteiger partial charge on any atom is -0.461 e. The molecule has 0 bridgehead atoms. The molecule has 0 unspecified atom stereocenters. The summed E-state index contributed by atoms with van der Waals surface area (Å²) in [4.78, 5) is 26.9. The highest BCUT2D eigenvalue weighted by Gasteiger charge is 2.31. The monoisotopic (exact) mass is 345 g/mol. The number of rotatable bonds is 6. The molecule has 0 radical (unpaired) electrons. The van der Waals surface area contributed by atoms with Crippen molar-refractivity contribution in [3.8, 4) is 0 Å². The molecule has 7 nitrogen and oxygen atoms in total. The Hall–Kier alpha value is -2.41. The fraction of sp³-hybridized carbons (Fsp3) is 0.500. The van der Waals surface area contributed by atoms with Crippen molar-refractivity contribution in [2.75, 3.05) is 19.8 Å². The molecule has 1 saturated heterocycles. The van der Waals surface area contributed by atoms with Crippen LogP contribution in [0.5, 0.6) is 0 Å². The summed E-state index contributed by atoms with van der Waals surface area (Å²) in [6.45, 7) is 6.24. The highest BCUT2D eigenvalue weighted by molar-refractivity contribution is 5.96. The molecule has 2 aromatic rings. The van der Waals surface area contributed by atoms with Crippen molar-refractivity contribution in [2.24, 2.45) is 5.92 Å². The van der Waals surface area contributed by atoms with E-state index in [1.54, 1.807) is 34.1 Å². The summed E-state index contributed by atoms with van der Waals surface area (Å²) in [5, 5.41) is 4.25. The number of aromatic nitrogens is 2. The molecule has 134 valence electrons. The molecule has 3 heterocycles. The van der Waals surface area contributed by atoms with Crippen LogP contribution in [-0.2, 0) is 11.3 Å². The predicted molar refractivity (Wildman–Crippen MR) is 90.4 cm³/mol. The van der Waals surface area contributed by atoms with Crippen molar-refractivity contribution in [3.63, 3.8) is 0 Å². The first-order chi connectivity index (χ1) is 12.0. The third kappa shape index (κ3) is 4.17. The Balaban J connectivity index is 1.70. The average molecular weight is 345 g/mol. The Morgan fingerprint density at radius 3 is 2.96 bits per heavy atom. The summed E-state index contributed by atoms with van der Waals surface area (Å²) in [6, 6.07) is 3.01. The molecule has 0 aliphatic carbocycles. The average Bonchev–Trinajstić information content (AvgIpc) is 3.26. The van der Waals surface area contributed by atoms with Crippen molar-refractivity contribution in [2.45, 2.75) is 32.9 Å². The summed E-state index contributed by atoms with van der Waals surface area (Å²) in [6.07, 6.45) is 5.00. The number of ketones is 1. The standard InChI is InChI=1S/C18H23N3O4/c1-13(2)10-20-11-14(9-19-20)18(23)21-5-7-24-12-15(21)8-16(22)17-4-3-6-25-17/h3-4,6,9,11,13,15H,5,7-8,10,12H2,1-2H3/t15-/m1/s1. The lowest BCUT2D eigenvalue weighted by atomic mass is 10.1. The van der Waals surface area contributed by atoms with E-state index in [0.29, 0.717) is 37.0 Å².